The van der Waals surface area contributed by atoms with Crippen LogP contribution in [0.4, 0.5) is 10.1 Å². The molecule has 2 unspecified atom stereocenters. The summed E-state index contributed by atoms with van der Waals surface area (Å²) in [7, 11) is -6.04. The molecule has 0 aliphatic carbocycles. The number of benzene rings is 1. The van der Waals surface area contributed by atoms with Crippen molar-refractivity contribution < 1.29 is 17.7 Å². The van der Waals surface area contributed by atoms with Crippen LogP contribution in [0.3, 0.4) is 0 Å². The second-order valence-corrected chi connectivity index (χ2v) is 15.9. The van der Waals surface area contributed by atoms with Gasteiger partial charge in [-0.2, -0.15) is 4.31 Å². The van der Waals surface area contributed by atoms with E-state index in [1.54, 1.807) is 13.0 Å². The SMILES string of the molecule is CC[Si](CC)(CC)c1cc(Br)nc(C2(C)CN2S(=O)(=O)c2ccc([N+](=O)[O-])cc2)c1F. The Morgan fingerprint density at radius 1 is 1.23 bits per heavy atom. The van der Waals surface area contributed by atoms with Crippen molar-refractivity contribution in [3.8, 4) is 0 Å². The third-order valence-corrected chi connectivity index (χ3v) is 14.5. The summed E-state index contributed by atoms with van der Waals surface area (Å²) in [6, 6.07) is 9.09. The first-order chi connectivity index (χ1) is 14.5. The fraction of sp³-hybridized carbons (Fsp3) is 0.450. The topological polar surface area (TPSA) is 93.2 Å². The lowest BCUT2D eigenvalue weighted by atomic mass is 10.1. The fourth-order valence-corrected chi connectivity index (χ4v) is 10.3. The fourth-order valence-electron chi connectivity index (χ4n) is 4.22. The second kappa shape index (κ2) is 8.34. The highest BCUT2D eigenvalue weighted by Crippen LogP contribution is 2.47. The summed E-state index contributed by atoms with van der Waals surface area (Å²) in [5.41, 5.74) is -1.19. The Morgan fingerprint density at radius 2 is 1.77 bits per heavy atom. The van der Waals surface area contributed by atoms with Gasteiger partial charge in [0.05, 0.1) is 29.1 Å². The Morgan fingerprint density at radius 3 is 2.26 bits per heavy atom. The number of hydrogen-bond acceptors (Lipinski definition) is 5. The summed E-state index contributed by atoms with van der Waals surface area (Å²) >= 11 is 3.40. The monoisotopic (exact) mass is 529 g/mol. The first-order valence-corrected chi connectivity index (χ1v) is 15.0. The number of rotatable bonds is 8. The summed E-state index contributed by atoms with van der Waals surface area (Å²) in [6.07, 6.45) is 0. The molecule has 2 heterocycles. The minimum atomic E-state index is -3.96. The van der Waals surface area contributed by atoms with Crippen molar-refractivity contribution in [2.24, 2.45) is 0 Å². The maximum Gasteiger partial charge on any atom is 0.269 e. The molecule has 0 radical (unpaired) electrons. The molecular weight excluding hydrogens is 505 g/mol. The highest BCUT2D eigenvalue weighted by atomic mass is 79.9. The smallest absolute Gasteiger partial charge is 0.258 e. The number of pyridine rings is 1. The van der Waals surface area contributed by atoms with Gasteiger partial charge in [-0.15, -0.1) is 0 Å². The first kappa shape index (κ1) is 24.0. The van der Waals surface area contributed by atoms with Gasteiger partial charge in [0, 0.05) is 18.7 Å². The van der Waals surface area contributed by atoms with Crippen molar-refractivity contribution in [1.82, 2.24) is 9.29 Å². The van der Waals surface area contributed by atoms with E-state index in [9.17, 15) is 18.5 Å². The average molecular weight is 530 g/mol. The van der Waals surface area contributed by atoms with Crippen molar-refractivity contribution in [3.63, 3.8) is 0 Å². The Balaban J connectivity index is 2.04. The Kier molecular flexibility index (Phi) is 6.45. The maximum absolute atomic E-state index is 15.8. The van der Waals surface area contributed by atoms with E-state index in [2.05, 4.69) is 41.7 Å². The highest BCUT2D eigenvalue weighted by molar-refractivity contribution is 9.10. The zero-order chi connectivity index (χ0) is 23.2. The van der Waals surface area contributed by atoms with E-state index in [4.69, 9.17) is 0 Å². The molecule has 11 heteroatoms. The molecule has 0 saturated carbocycles. The van der Waals surface area contributed by atoms with Gasteiger partial charge >= 0.3 is 0 Å². The molecule has 1 saturated heterocycles. The van der Waals surface area contributed by atoms with Crippen molar-refractivity contribution in [3.05, 3.63) is 56.6 Å². The van der Waals surface area contributed by atoms with Gasteiger partial charge in [0.1, 0.15) is 10.4 Å². The maximum atomic E-state index is 15.8. The molecule has 31 heavy (non-hydrogen) atoms. The number of aromatic nitrogens is 1. The number of hydrogen-bond donors (Lipinski definition) is 0. The number of nitro groups is 1. The lowest BCUT2D eigenvalue weighted by Gasteiger charge is -2.30. The van der Waals surface area contributed by atoms with Crippen LogP contribution in [-0.2, 0) is 15.6 Å². The number of halogens is 2. The number of nitrogens with zero attached hydrogens (tertiary/aromatic N) is 3. The van der Waals surface area contributed by atoms with Crippen LogP contribution >= 0.6 is 15.9 Å². The summed E-state index contributed by atoms with van der Waals surface area (Å²) in [4.78, 5) is 14.5. The summed E-state index contributed by atoms with van der Waals surface area (Å²) in [5, 5.41) is 11.5. The number of sulfonamides is 1. The van der Waals surface area contributed by atoms with E-state index < -0.39 is 34.4 Å². The van der Waals surface area contributed by atoms with Gasteiger partial charge in [-0.25, -0.2) is 17.8 Å². The Hall–Kier alpha value is -1.69. The molecule has 1 aromatic heterocycles. The molecule has 1 aliphatic rings. The van der Waals surface area contributed by atoms with Crippen LogP contribution in [0.5, 0.6) is 0 Å². The summed E-state index contributed by atoms with van der Waals surface area (Å²) in [6.45, 7) is 7.99. The van der Waals surface area contributed by atoms with Crippen molar-refractivity contribution >= 4 is 44.9 Å². The number of nitro benzene ring substituents is 1. The molecule has 3 rings (SSSR count). The molecule has 168 valence electrons. The van der Waals surface area contributed by atoms with Gasteiger partial charge in [0.15, 0.2) is 0 Å². The molecule has 0 spiro atoms. The van der Waals surface area contributed by atoms with E-state index in [0.717, 1.165) is 30.3 Å². The van der Waals surface area contributed by atoms with E-state index in [1.165, 1.54) is 16.4 Å². The minimum Gasteiger partial charge on any atom is -0.258 e. The lowest BCUT2D eigenvalue weighted by Crippen LogP contribution is -2.48. The van der Waals surface area contributed by atoms with Crippen LogP contribution in [0.25, 0.3) is 0 Å². The van der Waals surface area contributed by atoms with Crippen LogP contribution in [0.15, 0.2) is 39.8 Å². The lowest BCUT2D eigenvalue weighted by molar-refractivity contribution is -0.384. The van der Waals surface area contributed by atoms with Gasteiger partial charge < -0.3 is 0 Å². The third-order valence-electron chi connectivity index (χ3n) is 6.57. The van der Waals surface area contributed by atoms with E-state index in [0.29, 0.717) is 9.79 Å². The highest BCUT2D eigenvalue weighted by Gasteiger charge is 2.59. The molecule has 1 fully saturated rings. The Labute approximate surface area is 191 Å². The van der Waals surface area contributed by atoms with E-state index >= 15 is 4.39 Å². The molecule has 1 aromatic carbocycles. The number of non-ortho nitro benzene ring substituents is 1. The van der Waals surface area contributed by atoms with Gasteiger partial charge in [0.2, 0.25) is 10.0 Å². The third kappa shape index (κ3) is 3.96. The normalized spacial score (nSPS) is 21.2. The predicted octanol–water partition coefficient (Wildman–Crippen LogP) is 4.53. The molecule has 7 nitrogen and oxygen atoms in total. The van der Waals surface area contributed by atoms with Crippen LogP contribution in [0.2, 0.25) is 18.1 Å². The van der Waals surface area contributed by atoms with Crippen LogP contribution in [0.1, 0.15) is 33.4 Å². The quantitative estimate of drug-likeness (QED) is 0.164. The second-order valence-electron chi connectivity index (χ2n) is 8.03. The molecule has 0 bridgehead atoms. The standard InChI is InChI=1S/C20H25BrFN3O4SSi/c1-5-31(6-2,7-3)16-12-17(21)23-19(18(16)22)20(4)13-24(20)30(28,29)15-10-8-14(9-11-15)25(26)27/h8-12H,5-7,13H2,1-4H3. The predicted molar refractivity (Wildman–Crippen MR) is 123 cm³/mol. The van der Waals surface area contributed by atoms with Crippen molar-refractivity contribution in [2.75, 3.05) is 6.54 Å². The van der Waals surface area contributed by atoms with Crippen LogP contribution in [-0.4, -0.2) is 37.2 Å². The average Bonchev–Trinajstić information content (AvgIpc) is 3.45. The molecule has 2 aromatic rings. The van der Waals surface area contributed by atoms with Gasteiger partial charge in [-0.05, 0) is 46.2 Å². The van der Waals surface area contributed by atoms with Gasteiger partial charge in [-0.1, -0.05) is 38.9 Å². The minimum absolute atomic E-state index is 0.0724. The zero-order valence-corrected chi connectivity index (χ0v) is 21.3. The molecule has 0 amide bonds. The molecule has 0 N–H and O–H groups in total. The Bertz CT molecular complexity index is 1120. The summed E-state index contributed by atoms with van der Waals surface area (Å²) in [5.74, 6) is -0.413. The van der Waals surface area contributed by atoms with E-state index in [1.807, 2.05) is 0 Å². The molecule has 1 aliphatic heterocycles. The largest absolute Gasteiger partial charge is 0.269 e. The van der Waals surface area contributed by atoms with Crippen LogP contribution < -0.4 is 5.19 Å². The van der Waals surface area contributed by atoms with Crippen LogP contribution in [0, 0.1) is 15.9 Å². The van der Waals surface area contributed by atoms with Gasteiger partial charge in [-0.3, -0.25) is 10.1 Å². The molecular formula is C20H25BrFN3O4SSi. The zero-order valence-electron chi connectivity index (χ0n) is 17.9. The first-order valence-electron chi connectivity index (χ1n) is 10.1. The summed E-state index contributed by atoms with van der Waals surface area (Å²) < 4.78 is 43.7. The van der Waals surface area contributed by atoms with Crippen molar-refractivity contribution in [2.45, 2.75) is 56.3 Å². The van der Waals surface area contributed by atoms with Gasteiger partial charge in [0.25, 0.3) is 5.69 Å². The molecule has 2 atom stereocenters. The van der Waals surface area contributed by atoms with Crippen molar-refractivity contribution in [1.29, 1.82) is 0 Å². The van der Waals surface area contributed by atoms with E-state index in [-0.39, 0.29) is 22.8 Å².